The molecule has 3 aromatic heterocycles. The number of nitrogens with zero attached hydrogens (tertiary/aromatic N) is 4. The molecule has 1 aliphatic heterocycles. The Kier molecular flexibility index (Phi) is 5.36. The lowest BCUT2D eigenvalue weighted by molar-refractivity contribution is -0.167. The summed E-state index contributed by atoms with van der Waals surface area (Å²) in [6, 6.07) is 8.40. The zero-order valence-corrected chi connectivity index (χ0v) is 20.1. The second-order valence-corrected chi connectivity index (χ2v) is 9.89. The van der Waals surface area contributed by atoms with Crippen molar-refractivity contribution in [2.24, 2.45) is 0 Å². The second kappa shape index (κ2) is 8.05. The van der Waals surface area contributed by atoms with Gasteiger partial charge in [0.15, 0.2) is 5.60 Å². The van der Waals surface area contributed by atoms with Crippen LogP contribution in [0.3, 0.4) is 0 Å². The molecular weight excluding hydrogens is 472 g/mol. The van der Waals surface area contributed by atoms with Gasteiger partial charge in [-0.3, -0.25) is 14.5 Å². The van der Waals surface area contributed by atoms with Crippen LogP contribution in [-0.2, 0) is 15.1 Å². The molecule has 2 atom stereocenters. The van der Waals surface area contributed by atoms with Crippen molar-refractivity contribution in [3.05, 3.63) is 52.2 Å². The van der Waals surface area contributed by atoms with E-state index in [4.69, 9.17) is 10.5 Å². The predicted octanol–water partition coefficient (Wildman–Crippen LogP) is 1.59. The third-order valence-corrected chi connectivity index (χ3v) is 7.07. The maximum Gasteiger partial charge on any atom is 0.282 e. The molecule has 1 aromatic carbocycles. The minimum atomic E-state index is -1.74. The van der Waals surface area contributed by atoms with Gasteiger partial charge in [0.2, 0.25) is 0 Å². The highest BCUT2D eigenvalue weighted by Gasteiger charge is 2.49. The number of nitrogen functional groups attached to an aromatic ring is 1. The molecule has 1 amide bonds. The SMILES string of the molecule is CC(C)(O)c1cccc(N2CCO[C@](C)(C(O)c3nc(=O)c4c(ccc5c(N)nsc54)[nH]3)C2=O)n1. The lowest BCUT2D eigenvalue weighted by Crippen LogP contribution is -2.58. The highest BCUT2D eigenvalue weighted by molar-refractivity contribution is 7.14. The van der Waals surface area contributed by atoms with Crippen LogP contribution >= 0.6 is 11.5 Å². The number of rotatable bonds is 4. The Labute approximate surface area is 203 Å². The third kappa shape index (κ3) is 3.74. The van der Waals surface area contributed by atoms with Gasteiger partial charge in [-0.15, -0.1) is 0 Å². The number of carbonyl (C=O) groups excluding carboxylic acids is 1. The molecule has 12 heteroatoms. The number of aromatic amines is 1. The third-order valence-electron chi connectivity index (χ3n) is 6.17. The molecule has 182 valence electrons. The van der Waals surface area contributed by atoms with Gasteiger partial charge in [0.25, 0.3) is 11.5 Å². The van der Waals surface area contributed by atoms with Crippen molar-refractivity contribution >= 4 is 50.1 Å². The molecule has 1 aliphatic rings. The molecule has 0 spiro atoms. The summed E-state index contributed by atoms with van der Waals surface area (Å²) < 4.78 is 10.5. The summed E-state index contributed by atoms with van der Waals surface area (Å²) in [5.41, 5.74) is 3.17. The van der Waals surface area contributed by atoms with Gasteiger partial charge in [0, 0.05) is 5.39 Å². The van der Waals surface area contributed by atoms with Crippen molar-refractivity contribution in [2.45, 2.75) is 38.1 Å². The van der Waals surface area contributed by atoms with Gasteiger partial charge in [-0.25, -0.2) is 4.98 Å². The summed E-state index contributed by atoms with van der Waals surface area (Å²) in [6.45, 7) is 4.97. The Hall–Kier alpha value is -3.45. The first-order valence-electron chi connectivity index (χ1n) is 10.9. The zero-order valence-electron chi connectivity index (χ0n) is 19.3. The lowest BCUT2D eigenvalue weighted by Gasteiger charge is -2.41. The average Bonchev–Trinajstić information content (AvgIpc) is 3.20. The number of anilines is 2. The number of fused-ring (bicyclic) bond motifs is 3. The Balaban J connectivity index is 1.53. The smallest absolute Gasteiger partial charge is 0.282 e. The number of aliphatic hydroxyl groups excluding tert-OH is 1. The molecular formula is C23H24N6O5S. The number of morpholine rings is 1. The fourth-order valence-electron chi connectivity index (χ4n) is 4.17. The lowest BCUT2D eigenvalue weighted by atomic mass is 9.94. The standard InChI is InChI=1S/C23H24N6O5S/c1-22(2,33)13-5-4-6-14(26-13)29-9-10-34-23(3,21(29)32)17(30)19-25-12-8-7-11-16(35-28-18(11)24)15(12)20(31)27-19/h4-8,17,30,33H,9-10H2,1-3H3,(H2,24,28)(H,25,27,31)/t17?,23-/m1/s1. The molecule has 5 N–H and O–H groups in total. The van der Waals surface area contributed by atoms with E-state index in [9.17, 15) is 19.8 Å². The van der Waals surface area contributed by atoms with Crippen molar-refractivity contribution in [3.8, 4) is 0 Å². The van der Waals surface area contributed by atoms with E-state index in [2.05, 4.69) is 19.3 Å². The summed E-state index contributed by atoms with van der Waals surface area (Å²) in [7, 11) is 0. The molecule has 5 rings (SSSR count). The molecule has 35 heavy (non-hydrogen) atoms. The van der Waals surface area contributed by atoms with E-state index < -0.39 is 28.8 Å². The number of ether oxygens (including phenoxy) is 1. The molecule has 4 aromatic rings. The Morgan fingerprint density at radius 2 is 2.03 bits per heavy atom. The van der Waals surface area contributed by atoms with Crippen LogP contribution in [0.1, 0.15) is 38.4 Å². The summed E-state index contributed by atoms with van der Waals surface area (Å²) in [5.74, 6) is -0.00622. The van der Waals surface area contributed by atoms with Crippen molar-refractivity contribution in [1.29, 1.82) is 0 Å². The normalized spacial score (nSPS) is 20.0. The Morgan fingerprint density at radius 3 is 2.77 bits per heavy atom. The van der Waals surface area contributed by atoms with Crippen LogP contribution in [0.5, 0.6) is 0 Å². The number of H-pyrrole nitrogens is 1. The Bertz CT molecular complexity index is 1530. The molecule has 0 aliphatic carbocycles. The number of pyridine rings is 1. The highest BCUT2D eigenvalue weighted by atomic mass is 32.1. The zero-order chi connectivity index (χ0) is 25.1. The number of amides is 1. The monoisotopic (exact) mass is 496 g/mol. The first-order chi connectivity index (χ1) is 16.5. The van der Waals surface area contributed by atoms with E-state index in [1.165, 1.54) is 11.8 Å². The minimum Gasteiger partial charge on any atom is -0.384 e. The molecule has 1 fully saturated rings. The van der Waals surface area contributed by atoms with E-state index in [0.717, 1.165) is 11.5 Å². The van der Waals surface area contributed by atoms with Crippen LogP contribution in [0.25, 0.3) is 21.0 Å². The second-order valence-electron chi connectivity index (χ2n) is 9.11. The van der Waals surface area contributed by atoms with E-state index >= 15 is 0 Å². The van der Waals surface area contributed by atoms with Crippen molar-refractivity contribution in [3.63, 3.8) is 0 Å². The molecule has 0 saturated carbocycles. The van der Waals surface area contributed by atoms with Crippen molar-refractivity contribution in [1.82, 2.24) is 19.3 Å². The molecule has 0 radical (unpaired) electrons. The van der Waals surface area contributed by atoms with E-state index in [-0.39, 0.29) is 19.0 Å². The van der Waals surface area contributed by atoms with Crippen LogP contribution in [0.15, 0.2) is 35.1 Å². The number of nitrogens with one attached hydrogen (secondary N) is 1. The molecule has 1 unspecified atom stereocenters. The van der Waals surface area contributed by atoms with Gasteiger partial charge in [0.1, 0.15) is 29.2 Å². The summed E-state index contributed by atoms with van der Waals surface area (Å²) in [6.07, 6.45) is -1.57. The predicted molar refractivity (Wildman–Crippen MR) is 131 cm³/mol. The Morgan fingerprint density at radius 1 is 1.26 bits per heavy atom. The van der Waals surface area contributed by atoms with Crippen LogP contribution < -0.4 is 16.2 Å². The molecule has 4 heterocycles. The van der Waals surface area contributed by atoms with Crippen LogP contribution in [0.4, 0.5) is 11.6 Å². The van der Waals surface area contributed by atoms with Crippen LogP contribution in [-0.4, -0.2) is 54.2 Å². The highest BCUT2D eigenvalue weighted by Crippen LogP contribution is 2.35. The number of aliphatic hydroxyl groups is 2. The van der Waals surface area contributed by atoms with Gasteiger partial charge in [0.05, 0.1) is 34.4 Å². The summed E-state index contributed by atoms with van der Waals surface area (Å²) >= 11 is 1.09. The quantitative estimate of drug-likeness (QED) is 0.328. The summed E-state index contributed by atoms with van der Waals surface area (Å²) in [4.78, 5) is 39.3. The largest absolute Gasteiger partial charge is 0.384 e. The van der Waals surface area contributed by atoms with Gasteiger partial charge < -0.3 is 25.7 Å². The van der Waals surface area contributed by atoms with Gasteiger partial charge in [-0.2, -0.15) is 9.36 Å². The number of benzene rings is 1. The number of hydrogen-bond acceptors (Lipinski definition) is 10. The number of aromatic nitrogens is 4. The van der Waals surface area contributed by atoms with E-state index in [1.54, 1.807) is 44.2 Å². The fraction of sp³-hybridized carbons (Fsp3) is 0.348. The first-order valence-corrected chi connectivity index (χ1v) is 11.7. The number of carbonyl (C=O) groups is 1. The van der Waals surface area contributed by atoms with Crippen LogP contribution in [0, 0.1) is 0 Å². The summed E-state index contributed by atoms with van der Waals surface area (Å²) in [5, 5.41) is 22.5. The maximum atomic E-state index is 13.5. The van der Waals surface area contributed by atoms with Crippen molar-refractivity contribution in [2.75, 3.05) is 23.8 Å². The molecule has 11 nitrogen and oxygen atoms in total. The first kappa shape index (κ1) is 23.3. The van der Waals surface area contributed by atoms with Gasteiger partial charge >= 0.3 is 0 Å². The van der Waals surface area contributed by atoms with Gasteiger partial charge in [-0.1, -0.05) is 6.07 Å². The molecule has 0 bridgehead atoms. The number of nitrogens with two attached hydrogens (primary N) is 1. The maximum absolute atomic E-state index is 13.5. The number of hydrogen-bond donors (Lipinski definition) is 4. The van der Waals surface area contributed by atoms with Crippen LogP contribution in [0.2, 0.25) is 0 Å². The van der Waals surface area contributed by atoms with E-state index in [0.29, 0.717) is 38.3 Å². The average molecular weight is 497 g/mol. The topological polar surface area (TPSA) is 168 Å². The molecule has 1 saturated heterocycles. The van der Waals surface area contributed by atoms with Gasteiger partial charge in [-0.05, 0) is 56.6 Å². The van der Waals surface area contributed by atoms with Crippen molar-refractivity contribution < 1.29 is 19.7 Å². The van der Waals surface area contributed by atoms with E-state index in [1.807, 2.05) is 0 Å². The fourth-order valence-corrected chi connectivity index (χ4v) is 5.02. The minimum absolute atomic E-state index is 0.102.